The van der Waals surface area contributed by atoms with Crippen LogP contribution in [0.2, 0.25) is 0 Å². The number of aryl methyl sites for hydroxylation is 1. The number of hydrogen-bond donors (Lipinski definition) is 1. The van der Waals surface area contributed by atoms with E-state index in [9.17, 15) is 0 Å². The molecule has 16 heavy (non-hydrogen) atoms. The van der Waals surface area contributed by atoms with Crippen LogP contribution in [0.4, 0.5) is 0 Å². The van der Waals surface area contributed by atoms with E-state index in [1.807, 2.05) is 6.92 Å². The lowest BCUT2D eigenvalue weighted by Gasteiger charge is -2.33. The lowest BCUT2D eigenvalue weighted by Crippen LogP contribution is -2.46. The molecule has 0 unspecified atom stereocenters. The van der Waals surface area contributed by atoms with Gasteiger partial charge in [-0.15, -0.1) is 0 Å². The third-order valence-corrected chi connectivity index (χ3v) is 3.10. The largest absolute Gasteiger partial charge is 0.448 e. The van der Waals surface area contributed by atoms with Crippen molar-refractivity contribution in [2.24, 2.45) is 0 Å². The first-order valence-electron chi connectivity index (χ1n) is 5.74. The number of aliphatic hydroxyl groups excluding tert-OH is 1. The van der Waals surface area contributed by atoms with Crippen LogP contribution in [0.1, 0.15) is 11.5 Å². The molecule has 0 aliphatic carbocycles. The topological polar surface area (TPSA) is 52.7 Å². The number of hydrogen-bond acceptors (Lipinski definition) is 5. The third kappa shape index (κ3) is 2.81. The van der Waals surface area contributed by atoms with Gasteiger partial charge in [0.2, 0.25) is 0 Å². The Hall–Kier alpha value is -0.910. The lowest BCUT2D eigenvalue weighted by molar-refractivity contribution is 0.107. The minimum absolute atomic E-state index is 0.252. The number of rotatable bonds is 4. The van der Waals surface area contributed by atoms with Crippen molar-refractivity contribution in [3.8, 4) is 0 Å². The second kappa shape index (κ2) is 5.43. The molecule has 1 aliphatic heterocycles. The summed E-state index contributed by atoms with van der Waals surface area (Å²) in [6.45, 7) is 7.98. The van der Waals surface area contributed by atoms with Gasteiger partial charge in [0.05, 0.1) is 12.3 Å². The first kappa shape index (κ1) is 11.6. The molecule has 5 nitrogen and oxygen atoms in total. The van der Waals surface area contributed by atoms with Gasteiger partial charge in [-0.25, -0.2) is 4.98 Å². The van der Waals surface area contributed by atoms with Crippen molar-refractivity contribution >= 4 is 0 Å². The molecule has 1 aromatic rings. The van der Waals surface area contributed by atoms with Gasteiger partial charge in [0, 0.05) is 39.3 Å². The maximum atomic E-state index is 8.85. The number of piperazine rings is 1. The van der Waals surface area contributed by atoms with Gasteiger partial charge in [0.15, 0.2) is 6.39 Å². The average Bonchev–Trinajstić information content (AvgIpc) is 2.68. The molecule has 2 rings (SSSR count). The zero-order chi connectivity index (χ0) is 11.4. The highest BCUT2D eigenvalue weighted by Gasteiger charge is 2.17. The van der Waals surface area contributed by atoms with E-state index >= 15 is 0 Å². The van der Waals surface area contributed by atoms with Crippen molar-refractivity contribution in [2.75, 3.05) is 39.3 Å². The maximum absolute atomic E-state index is 8.85. The minimum Gasteiger partial charge on any atom is -0.448 e. The Morgan fingerprint density at radius 2 is 2.00 bits per heavy atom. The molecule has 1 fully saturated rings. The fourth-order valence-electron chi connectivity index (χ4n) is 2.00. The van der Waals surface area contributed by atoms with Crippen LogP contribution >= 0.6 is 0 Å². The SMILES string of the molecule is Cc1ocnc1CN1CCN(CCO)CC1. The Bertz CT molecular complexity index is 319. The Morgan fingerprint density at radius 1 is 1.31 bits per heavy atom. The predicted octanol–water partition coefficient (Wildman–Crippen LogP) is 0.0929. The van der Waals surface area contributed by atoms with Crippen molar-refractivity contribution in [2.45, 2.75) is 13.5 Å². The van der Waals surface area contributed by atoms with Gasteiger partial charge in [-0.2, -0.15) is 0 Å². The van der Waals surface area contributed by atoms with E-state index in [4.69, 9.17) is 9.52 Å². The summed E-state index contributed by atoms with van der Waals surface area (Å²) >= 11 is 0. The Labute approximate surface area is 95.7 Å². The molecule has 0 bridgehead atoms. The molecule has 0 atom stereocenters. The fraction of sp³-hybridized carbons (Fsp3) is 0.727. The van der Waals surface area contributed by atoms with Gasteiger partial charge in [-0.05, 0) is 6.92 Å². The average molecular weight is 225 g/mol. The highest BCUT2D eigenvalue weighted by molar-refractivity contribution is 5.04. The normalized spacial score (nSPS) is 19.1. The first-order chi connectivity index (χ1) is 7.79. The predicted molar refractivity (Wildman–Crippen MR) is 60.0 cm³/mol. The summed E-state index contributed by atoms with van der Waals surface area (Å²) in [5.74, 6) is 0.915. The van der Waals surface area contributed by atoms with Gasteiger partial charge in [0.25, 0.3) is 0 Å². The van der Waals surface area contributed by atoms with E-state index in [1.54, 1.807) is 0 Å². The summed E-state index contributed by atoms with van der Waals surface area (Å²) in [5, 5.41) is 8.85. The van der Waals surface area contributed by atoms with Crippen LogP contribution in [0.5, 0.6) is 0 Å². The van der Waals surface area contributed by atoms with Crippen LogP contribution in [-0.2, 0) is 6.54 Å². The first-order valence-corrected chi connectivity index (χ1v) is 5.74. The zero-order valence-electron chi connectivity index (χ0n) is 9.72. The van der Waals surface area contributed by atoms with E-state index < -0.39 is 0 Å². The number of β-amino-alcohol motifs (C(OH)–C–C–N with tert-alkyl or cyclic N) is 1. The standard InChI is InChI=1S/C11H19N3O2/c1-10-11(12-9-16-10)8-14-4-2-13(3-5-14)6-7-15/h9,15H,2-8H2,1H3. The summed E-state index contributed by atoms with van der Waals surface area (Å²) < 4.78 is 5.18. The van der Waals surface area contributed by atoms with E-state index in [0.717, 1.165) is 50.7 Å². The molecule has 1 aliphatic rings. The number of nitrogens with zero attached hydrogens (tertiary/aromatic N) is 3. The number of aliphatic hydroxyl groups is 1. The monoisotopic (exact) mass is 225 g/mol. The second-order valence-electron chi connectivity index (χ2n) is 4.20. The van der Waals surface area contributed by atoms with Gasteiger partial charge in [-0.3, -0.25) is 9.80 Å². The summed E-state index contributed by atoms with van der Waals surface area (Å²) in [6, 6.07) is 0. The third-order valence-electron chi connectivity index (χ3n) is 3.10. The fourth-order valence-corrected chi connectivity index (χ4v) is 2.00. The summed E-state index contributed by atoms with van der Waals surface area (Å²) in [7, 11) is 0. The number of oxazole rings is 1. The number of aromatic nitrogens is 1. The Kier molecular flexibility index (Phi) is 3.93. The molecule has 2 heterocycles. The quantitative estimate of drug-likeness (QED) is 0.787. The van der Waals surface area contributed by atoms with Crippen molar-refractivity contribution in [3.63, 3.8) is 0 Å². The van der Waals surface area contributed by atoms with Crippen LogP contribution in [0, 0.1) is 6.92 Å². The van der Waals surface area contributed by atoms with Crippen LogP contribution in [0.25, 0.3) is 0 Å². The molecule has 0 radical (unpaired) electrons. The molecule has 0 amide bonds. The van der Waals surface area contributed by atoms with Gasteiger partial charge < -0.3 is 9.52 Å². The summed E-state index contributed by atoms with van der Waals surface area (Å²) in [5.41, 5.74) is 1.04. The highest BCUT2D eigenvalue weighted by Crippen LogP contribution is 2.10. The highest BCUT2D eigenvalue weighted by atomic mass is 16.3. The van der Waals surface area contributed by atoms with E-state index in [1.165, 1.54) is 6.39 Å². The molecule has 1 saturated heterocycles. The van der Waals surface area contributed by atoms with Crippen molar-refractivity contribution in [1.29, 1.82) is 0 Å². The molecule has 1 N–H and O–H groups in total. The molecule has 0 saturated carbocycles. The van der Waals surface area contributed by atoms with Crippen LogP contribution in [0.15, 0.2) is 10.8 Å². The van der Waals surface area contributed by atoms with Crippen LogP contribution < -0.4 is 0 Å². The molecular formula is C11H19N3O2. The molecule has 1 aromatic heterocycles. The van der Waals surface area contributed by atoms with Gasteiger partial charge in [0.1, 0.15) is 5.76 Å². The van der Waals surface area contributed by atoms with Crippen molar-refractivity contribution < 1.29 is 9.52 Å². The molecule has 90 valence electrons. The zero-order valence-corrected chi connectivity index (χ0v) is 9.72. The Morgan fingerprint density at radius 3 is 2.56 bits per heavy atom. The lowest BCUT2D eigenvalue weighted by atomic mass is 10.2. The molecule has 0 aromatic carbocycles. The molecule has 5 heteroatoms. The van der Waals surface area contributed by atoms with E-state index in [2.05, 4.69) is 14.8 Å². The second-order valence-corrected chi connectivity index (χ2v) is 4.20. The molecular weight excluding hydrogens is 206 g/mol. The van der Waals surface area contributed by atoms with Gasteiger partial charge >= 0.3 is 0 Å². The maximum Gasteiger partial charge on any atom is 0.181 e. The van der Waals surface area contributed by atoms with Crippen molar-refractivity contribution in [3.05, 3.63) is 17.8 Å². The van der Waals surface area contributed by atoms with E-state index in [-0.39, 0.29) is 6.61 Å². The van der Waals surface area contributed by atoms with Crippen LogP contribution in [0.3, 0.4) is 0 Å². The van der Waals surface area contributed by atoms with Crippen molar-refractivity contribution in [1.82, 2.24) is 14.8 Å². The minimum atomic E-state index is 0.252. The smallest absolute Gasteiger partial charge is 0.181 e. The Balaban J connectivity index is 1.79. The molecule has 0 spiro atoms. The van der Waals surface area contributed by atoms with E-state index in [0.29, 0.717) is 0 Å². The van der Waals surface area contributed by atoms with Crippen LogP contribution in [-0.4, -0.2) is 59.2 Å². The summed E-state index contributed by atoms with van der Waals surface area (Å²) in [6.07, 6.45) is 1.51. The summed E-state index contributed by atoms with van der Waals surface area (Å²) in [4.78, 5) is 8.86. The van der Waals surface area contributed by atoms with Gasteiger partial charge in [-0.1, -0.05) is 0 Å².